The molecule has 1 aromatic carbocycles. The van der Waals surface area contributed by atoms with Gasteiger partial charge in [0.2, 0.25) is 0 Å². The first-order valence-electron chi connectivity index (χ1n) is 7.23. The van der Waals surface area contributed by atoms with E-state index in [0.29, 0.717) is 6.42 Å². The summed E-state index contributed by atoms with van der Waals surface area (Å²) in [5.41, 5.74) is 2.40. The van der Waals surface area contributed by atoms with Gasteiger partial charge in [0.1, 0.15) is 0 Å². The van der Waals surface area contributed by atoms with E-state index in [9.17, 15) is 0 Å². The Balaban J connectivity index is 2.03. The predicted molar refractivity (Wildman–Crippen MR) is 78.7 cm³/mol. The number of rotatable bonds is 6. The van der Waals surface area contributed by atoms with Crippen LogP contribution in [0.25, 0.3) is 0 Å². The molecule has 0 saturated heterocycles. The van der Waals surface area contributed by atoms with Gasteiger partial charge in [0.05, 0.1) is 6.61 Å². The Kier molecular flexibility index (Phi) is 5.44. The van der Waals surface area contributed by atoms with Crippen molar-refractivity contribution in [3.63, 3.8) is 0 Å². The van der Waals surface area contributed by atoms with Gasteiger partial charge in [-0.15, -0.1) is 0 Å². The predicted octanol–water partition coefficient (Wildman–Crippen LogP) is 2.65. The smallest absolute Gasteiger partial charge is 0.0540 e. The summed E-state index contributed by atoms with van der Waals surface area (Å²) in [4.78, 5) is 2.50. The molecule has 0 aromatic heterocycles. The lowest BCUT2D eigenvalue weighted by Gasteiger charge is -2.20. The SMILES string of the molecule is CCN(Cc1ccccc1C#CCCO)CC1CC1. The van der Waals surface area contributed by atoms with Crippen molar-refractivity contribution in [1.82, 2.24) is 4.90 Å². The van der Waals surface area contributed by atoms with E-state index in [0.717, 1.165) is 24.6 Å². The second-order valence-corrected chi connectivity index (χ2v) is 5.20. The van der Waals surface area contributed by atoms with Crippen LogP contribution in [0.15, 0.2) is 24.3 Å². The van der Waals surface area contributed by atoms with E-state index in [1.54, 1.807) is 0 Å². The molecule has 1 aliphatic rings. The van der Waals surface area contributed by atoms with Crippen molar-refractivity contribution in [1.29, 1.82) is 0 Å². The van der Waals surface area contributed by atoms with E-state index < -0.39 is 0 Å². The summed E-state index contributed by atoms with van der Waals surface area (Å²) in [7, 11) is 0. The fraction of sp³-hybridized carbons (Fsp3) is 0.529. The summed E-state index contributed by atoms with van der Waals surface area (Å²) in [6, 6.07) is 8.35. The summed E-state index contributed by atoms with van der Waals surface area (Å²) in [6.07, 6.45) is 3.34. The molecule has 0 unspecified atom stereocenters. The Morgan fingerprint density at radius 1 is 1.32 bits per heavy atom. The first-order chi connectivity index (χ1) is 9.33. The van der Waals surface area contributed by atoms with Gasteiger partial charge in [-0.2, -0.15) is 0 Å². The second-order valence-electron chi connectivity index (χ2n) is 5.20. The van der Waals surface area contributed by atoms with E-state index in [4.69, 9.17) is 5.11 Å². The molecule has 102 valence electrons. The molecule has 0 heterocycles. The highest BCUT2D eigenvalue weighted by Crippen LogP contribution is 2.30. The molecule has 0 amide bonds. The third kappa shape index (κ3) is 4.70. The maximum absolute atomic E-state index is 8.79. The molecule has 0 bridgehead atoms. The van der Waals surface area contributed by atoms with Crippen molar-refractivity contribution in [3.05, 3.63) is 35.4 Å². The van der Waals surface area contributed by atoms with Gasteiger partial charge in [-0.05, 0) is 36.9 Å². The fourth-order valence-corrected chi connectivity index (χ4v) is 2.21. The van der Waals surface area contributed by atoms with Crippen LogP contribution in [0.1, 0.15) is 37.3 Å². The number of hydrogen-bond acceptors (Lipinski definition) is 2. The number of aliphatic hydroxyl groups is 1. The molecule has 1 N–H and O–H groups in total. The number of hydrogen-bond donors (Lipinski definition) is 1. The minimum atomic E-state index is 0.137. The fourth-order valence-electron chi connectivity index (χ4n) is 2.21. The van der Waals surface area contributed by atoms with Gasteiger partial charge in [-0.3, -0.25) is 4.90 Å². The lowest BCUT2D eigenvalue weighted by Crippen LogP contribution is -2.25. The highest BCUT2D eigenvalue weighted by molar-refractivity contribution is 5.41. The summed E-state index contributed by atoms with van der Waals surface area (Å²) in [5.74, 6) is 7.12. The van der Waals surface area contributed by atoms with E-state index in [1.165, 1.54) is 24.9 Å². The standard InChI is InChI=1S/C17H23NO/c1-2-18(13-15-10-11-15)14-17-9-4-3-7-16(17)8-5-6-12-19/h3-4,7,9,15,19H,2,6,10-14H2,1H3. The molecule has 2 rings (SSSR count). The molecule has 1 saturated carbocycles. The molecule has 2 heteroatoms. The monoisotopic (exact) mass is 257 g/mol. The molecular formula is C17H23NO. The quantitative estimate of drug-likeness (QED) is 0.792. The van der Waals surface area contributed by atoms with Crippen LogP contribution in [0.5, 0.6) is 0 Å². The second kappa shape index (κ2) is 7.33. The molecule has 19 heavy (non-hydrogen) atoms. The largest absolute Gasteiger partial charge is 0.395 e. The van der Waals surface area contributed by atoms with Crippen molar-refractivity contribution >= 4 is 0 Å². The molecule has 1 aliphatic carbocycles. The van der Waals surface area contributed by atoms with Gasteiger partial charge in [0, 0.05) is 25.1 Å². The Bertz CT molecular complexity index is 454. The van der Waals surface area contributed by atoms with Gasteiger partial charge in [0.25, 0.3) is 0 Å². The number of aliphatic hydroxyl groups excluding tert-OH is 1. The third-order valence-corrected chi connectivity index (χ3v) is 3.53. The van der Waals surface area contributed by atoms with Crippen molar-refractivity contribution in [2.45, 2.75) is 32.7 Å². The van der Waals surface area contributed by atoms with Crippen LogP contribution in [-0.2, 0) is 6.54 Å². The zero-order chi connectivity index (χ0) is 13.5. The minimum absolute atomic E-state index is 0.137. The van der Waals surface area contributed by atoms with Gasteiger partial charge < -0.3 is 5.11 Å². The summed E-state index contributed by atoms with van der Waals surface area (Å²) in [5, 5.41) is 8.79. The van der Waals surface area contributed by atoms with Crippen molar-refractivity contribution < 1.29 is 5.11 Å². The lowest BCUT2D eigenvalue weighted by molar-refractivity contribution is 0.268. The Morgan fingerprint density at radius 3 is 2.79 bits per heavy atom. The average Bonchev–Trinajstić information content (AvgIpc) is 3.24. The van der Waals surface area contributed by atoms with Crippen LogP contribution >= 0.6 is 0 Å². The third-order valence-electron chi connectivity index (χ3n) is 3.53. The van der Waals surface area contributed by atoms with Crippen LogP contribution < -0.4 is 0 Å². The van der Waals surface area contributed by atoms with Crippen LogP contribution in [0.3, 0.4) is 0 Å². The van der Waals surface area contributed by atoms with E-state index in [-0.39, 0.29) is 6.61 Å². The zero-order valence-corrected chi connectivity index (χ0v) is 11.7. The first-order valence-corrected chi connectivity index (χ1v) is 7.23. The van der Waals surface area contributed by atoms with E-state index >= 15 is 0 Å². The van der Waals surface area contributed by atoms with Gasteiger partial charge in [-0.25, -0.2) is 0 Å². The lowest BCUT2D eigenvalue weighted by atomic mass is 10.1. The van der Waals surface area contributed by atoms with Crippen LogP contribution in [0.2, 0.25) is 0 Å². The highest BCUT2D eigenvalue weighted by atomic mass is 16.2. The molecule has 0 aliphatic heterocycles. The molecule has 0 spiro atoms. The Labute approximate surface area is 116 Å². The van der Waals surface area contributed by atoms with Crippen LogP contribution in [0, 0.1) is 17.8 Å². The van der Waals surface area contributed by atoms with Crippen LogP contribution in [-0.4, -0.2) is 29.7 Å². The van der Waals surface area contributed by atoms with Crippen molar-refractivity contribution in [3.8, 4) is 11.8 Å². The Morgan fingerprint density at radius 2 is 2.11 bits per heavy atom. The van der Waals surface area contributed by atoms with E-state index in [2.05, 4.69) is 41.9 Å². The maximum atomic E-state index is 8.79. The normalized spacial score (nSPS) is 14.3. The minimum Gasteiger partial charge on any atom is -0.395 e. The summed E-state index contributed by atoms with van der Waals surface area (Å²) < 4.78 is 0. The topological polar surface area (TPSA) is 23.5 Å². The highest BCUT2D eigenvalue weighted by Gasteiger charge is 2.23. The molecule has 1 fully saturated rings. The van der Waals surface area contributed by atoms with Gasteiger partial charge in [-0.1, -0.05) is 37.0 Å². The molecular weight excluding hydrogens is 234 g/mol. The van der Waals surface area contributed by atoms with Crippen molar-refractivity contribution in [2.75, 3.05) is 19.7 Å². The van der Waals surface area contributed by atoms with Gasteiger partial charge in [0.15, 0.2) is 0 Å². The number of nitrogens with zero attached hydrogens (tertiary/aromatic N) is 1. The first kappa shape index (κ1) is 14.1. The molecule has 0 atom stereocenters. The van der Waals surface area contributed by atoms with Crippen molar-refractivity contribution in [2.24, 2.45) is 5.92 Å². The van der Waals surface area contributed by atoms with E-state index in [1.807, 2.05) is 6.07 Å². The Hall–Kier alpha value is -1.30. The molecule has 1 aromatic rings. The molecule has 2 nitrogen and oxygen atoms in total. The van der Waals surface area contributed by atoms with Gasteiger partial charge >= 0.3 is 0 Å². The average molecular weight is 257 g/mol. The maximum Gasteiger partial charge on any atom is 0.0540 e. The summed E-state index contributed by atoms with van der Waals surface area (Å²) in [6.45, 7) is 5.65. The summed E-state index contributed by atoms with van der Waals surface area (Å²) >= 11 is 0. The molecule has 0 radical (unpaired) electrons. The number of benzene rings is 1. The van der Waals surface area contributed by atoms with Crippen LogP contribution in [0.4, 0.5) is 0 Å². The zero-order valence-electron chi connectivity index (χ0n) is 11.7.